The Labute approximate surface area is 191 Å². The van der Waals surface area contributed by atoms with E-state index in [2.05, 4.69) is 15.2 Å². The van der Waals surface area contributed by atoms with Gasteiger partial charge in [0.2, 0.25) is 17.6 Å². The van der Waals surface area contributed by atoms with E-state index in [0.29, 0.717) is 30.4 Å². The summed E-state index contributed by atoms with van der Waals surface area (Å²) in [6.07, 6.45) is 1.18. The van der Waals surface area contributed by atoms with Gasteiger partial charge in [-0.2, -0.15) is 10.1 Å². The van der Waals surface area contributed by atoms with Crippen molar-refractivity contribution in [1.29, 1.82) is 0 Å². The Bertz CT molecular complexity index is 1320. The molecule has 2 aromatic carbocycles. The number of carbonyl (C=O) groups excluding carboxylic acids is 2. The van der Waals surface area contributed by atoms with Gasteiger partial charge >= 0.3 is 0 Å². The fourth-order valence-corrected chi connectivity index (χ4v) is 4.43. The lowest BCUT2D eigenvalue weighted by atomic mass is 10.1. The van der Waals surface area contributed by atoms with Crippen LogP contribution >= 0.6 is 0 Å². The molecule has 1 atom stereocenters. The molecule has 1 amide bonds. The van der Waals surface area contributed by atoms with E-state index in [9.17, 15) is 9.59 Å². The van der Waals surface area contributed by atoms with Crippen LogP contribution in [0, 0.1) is 6.92 Å². The molecule has 0 N–H and O–H groups in total. The second-order valence-corrected chi connectivity index (χ2v) is 8.51. The van der Waals surface area contributed by atoms with E-state index < -0.39 is 0 Å². The first-order valence-electron chi connectivity index (χ1n) is 11.1. The van der Waals surface area contributed by atoms with Crippen LogP contribution in [-0.2, 0) is 11.8 Å². The molecule has 0 radical (unpaired) electrons. The minimum Gasteiger partial charge on any atom is -0.342 e. The fraction of sp³-hybridized carbons (Fsp3) is 0.320. The molecule has 1 aliphatic heterocycles. The molecule has 1 fully saturated rings. The van der Waals surface area contributed by atoms with Crippen molar-refractivity contribution in [3.05, 3.63) is 65.7 Å². The van der Waals surface area contributed by atoms with Gasteiger partial charge in [-0.15, -0.1) is 0 Å². The molecule has 1 unspecified atom stereocenters. The van der Waals surface area contributed by atoms with Crippen LogP contribution < -0.4 is 0 Å². The summed E-state index contributed by atoms with van der Waals surface area (Å²) < 4.78 is 7.40. The largest absolute Gasteiger partial charge is 0.342 e. The van der Waals surface area contributed by atoms with Gasteiger partial charge < -0.3 is 9.42 Å². The highest BCUT2D eigenvalue weighted by atomic mass is 16.5. The molecule has 0 spiro atoms. The molecule has 4 aromatic rings. The third-order valence-corrected chi connectivity index (χ3v) is 6.29. The normalized spacial score (nSPS) is 15.9. The summed E-state index contributed by atoms with van der Waals surface area (Å²) in [7, 11) is 1.91. The Balaban J connectivity index is 1.22. The summed E-state index contributed by atoms with van der Waals surface area (Å²) in [6, 6.07) is 15.1. The van der Waals surface area contributed by atoms with E-state index in [1.807, 2.05) is 55.1 Å². The summed E-state index contributed by atoms with van der Waals surface area (Å²) in [5.74, 6) is 1.05. The predicted molar refractivity (Wildman–Crippen MR) is 123 cm³/mol. The summed E-state index contributed by atoms with van der Waals surface area (Å²) in [5.41, 5.74) is 3.50. The Kier molecular flexibility index (Phi) is 5.50. The monoisotopic (exact) mass is 443 g/mol. The van der Waals surface area contributed by atoms with Gasteiger partial charge in [0, 0.05) is 49.5 Å². The number of aromatic nitrogens is 4. The van der Waals surface area contributed by atoms with Crippen LogP contribution in [-0.4, -0.2) is 49.6 Å². The second kappa shape index (κ2) is 8.61. The Morgan fingerprint density at radius 2 is 1.94 bits per heavy atom. The maximum Gasteiger partial charge on any atom is 0.231 e. The number of nitrogens with zero attached hydrogens (tertiary/aromatic N) is 5. The van der Waals surface area contributed by atoms with Crippen LogP contribution in [0.15, 0.2) is 53.1 Å². The number of ketones is 1. The molecular weight excluding hydrogens is 418 g/mol. The summed E-state index contributed by atoms with van der Waals surface area (Å²) in [4.78, 5) is 31.3. The van der Waals surface area contributed by atoms with Gasteiger partial charge in [0.05, 0.1) is 17.1 Å². The van der Waals surface area contributed by atoms with E-state index in [4.69, 9.17) is 4.52 Å². The van der Waals surface area contributed by atoms with Crippen LogP contribution in [0.4, 0.5) is 0 Å². The van der Waals surface area contributed by atoms with Crippen LogP contribution in [0.1, 0.15) is 47.1 Å². The van der Waals surface area contributed by atoms with Gasteiger partial charge in [0.25, 0.3) is 0 Å². The zero-order chi connectivity index (χ0) is 22.9. The molecule has 168 valence electrons. The van der Waals surface area contributed by atoms with E-state index in [0.717, 1.165) is 28.6 Å². The van der Waals surface area contributed by atoms with Gasteiger partial charge in [0.15, 0.2) is 5.78 Å². The van der Waals surface area contributed by atoms with Crippen molar-refractivity contribution in [2.24, 2.45) is 7.05 Å². The number of Topliss-reactive ketones (excluding diaryl/α,β-unsaturated/α-hetero) is 1. The standard InChI is InChI=1S/C25H25N5O3/c1-16-20-9-8-18(14-21(20)29(2)27-16)24-26-25(33-28-24)19-12-13-30(15-19)23(32)11-10-22(31)17-6-4-3-5-7-17/h3-9,14,19H,10-13,15H2,1-2H3. The first kappa shape index (κ1) is 21.1. The van der Waals surface area contributed by atoms with Gasteiger partial charge in [-0.05, 0) is 19.4 Å². The highest BCUT2D eigenvalue weighted by Crippen LogP contribution is 2.29. The SMILES string of the molecule is Cc1nn(C)c2cc(-c3noc(C4CCN(C(=O)CCC(=O)c5ccccc5)C4)n3)ccc12. The predicted octanol–water partition coefficient (Wildman–Crippen LogP) is 3.91. The summed E-state index contributed by atoms with van der Waals surface area (Å²) in [6.45, 7) is 3.14. The van der Waals surface area contributed by atoms with Crippen molar-refractivity contribution in [2.45, 2.75) is 32.1 Å². The summed E-state index contributed by atoms with van der Waals surface area (Å²) in [5, 5.41) is 9.73. The third kappa shape index (κ3) is 4.16. The third-order valence-electron chi connectivity index (χ3n) is 6.29. The van der Waals surface area contributed by atoms with Crippen molar-refractivity contribution < 1.29 is 14.1 Å². The number of aryl methyl sites for hydroxylation is 2. The number of carbonyl (C=O) groups is 2. The zero-order valence-corrected chi connectivity index (χ0v) is 18.7. The van der Waals surface area contributed by atoms with E-state index in [1.165, 1.54) is 0 Å². The molecule has 1 aliphatic rings. The Morgan fingerprint density at radius 1 is 1.12 bits per heavy atom. The highest BCUT2D eigenvalue weighted by Gasteiger charge is 2.31. The molecule has 33 heavy (non-hydrogen) atoms. The van der Waals surface area contributed by atoms with Crippen LogP contribution in [0.5, 0.6) is 0 Å². The summed E-state index contributed by atoms with van der Waals surface area (Å²) >= 11 is 0. The molecular formula is C25H25N5O3. The molecule has 0 aliphatic carbocycles. The molecule has 3 heterocycles. The number of rotatable bonds is 6. The topological polar surface area (TPSA) is 94.1 Å². The average Bonchev–Trinajstić information content (AvgIpc) is 3.57. The molecule has 5 rings (SSSR count). The van der Waals surface area contributed by atoms with Crippen LogP contribution in [0.25, 0.3) is 22.3 Å². The van der Waals surface area contributed by atoms with E-state index in [1.54, 1.807) is 17.0 Å². The first-order valence-corrected chi connectivity index (χ1v) is 11.1. The smallest absolute Gasteiger partial charge is 0.231 e. The molecule has 1 saturated heterocycles. The van der Waals surface area contributed by atoms with Crippen molar-refractivity contribution in [3.63, 3.8) is 0 Å². The maximum absolute atomic E-state index is 12.6. The van der Waals surface area contributed by atoms with Gasteiger partial charge in [-0.3, -0.25) is 14.3 Å². The molecule has 2 aromatic heterocycles. The minimum atomic E-state index is -0.0152. The minimum absolute atomic E-state index is 0.00250. The van der Waals surface area contributed by atoms with Crippen LogP contribution in [0.2, 0.25) is 0 Å². The zero-order valence-electron chi connectivity index (χ0n) is 18.7. The van der Waals surface area contributed by atoms with Crippen molar-refractivity contribution in [3.8, 4) is 11.4 Å². The van der Waals surface area contributed by atoms with E-state index in [-0.39, 0.29) is 30.4 Å². The quantitative estimate of drug-likeness (QED) is 0.420. The number of likely N-dealkylation sites (tertiary alicyclic amines) is 1. The number of fused-ring (bicyclic) bond motifs is 1. The highest BCUT2D eigenvalue weighted by molar-refractivity contribution is 5.97. The fourth-order valence-electron chi connectivity index (χ4n) is 4.43. The molecule has 8 nitrogen and oxygen atoms in total. The van der Waals surface area contributed by atoms with Crippen molar-refractivity contribution in [1.82, 2.24) is 24.8 Å². The Morgan fingerprint density at radius 3 is 2.76 bits per heavy atom. The first-order chi connectivity index (χ1) is 16.0. The van der Waals surface area contributed by atoms with Gasteiger partial charge in [0.1, 0.15) is 0 Å². The maximum atomic E-state index is 12.6. The van der Waals surface area contributed by atoms with Gasteiger partial charge in [-0.25, -0.2) is 0 Å². The number of hydrogen-bond acceptors (Lipinski definition) is 6. The van der Waals surface area contributed by atoms with Gasteiger partial charge in [-0.1, -0.05) is 47.6 Å². The lowest BCUT2D eigenvalue weighted by molar-refractivity contribution is -0.130. The lowest BCUT2D eigenvalue weighted by Gasteiger charge is -2.15. The number of benzene rings is 2. The number of amides is 1. The Hall–Kier alpha value is -3.81. The van der Waals surface area contributed by atoms with Crippen LogP contribution in [0.3, 0.4) is 0 Å². The second-order valence-electron chi connectivity index (χ2n) is 8.51. The number of hydrogen-bond donors (Lipinski definition) is 0. The molecule has 0 saturated carbocycles. The molecule has 8 heteroatoms. The van der Waals surface area contributed by atoms with E-state index >= 15 is 0 Å². The molecule has 0 bridgehead atoms. The lowest BCUT2D eigenvalue weighted by Crippen LogP contribution is -2.28. The van der Waals surface area contributed by atoms with Crippen molar-refractivity contribution >= 4 is 22.6 Å². The van der Waals surface area contributed by atoms with Crippen molar-refractivity contribution in [2.75, 3.05) is 13.1 Å². The average molecular weight is 444 g/mol.